The maximum atomic E-state index is 12.4. The van der Waals surface area contributed by atoms with Gasteiger partial charge in [-0.15, -0.1) is 0 Å². The van der Waals surface area contributed by atoms with Gasteiger partial charge in [-0.2, -0.15) is 0 Å². The van der Waals surface area contributed by atoms with Gasteiger partial charge >= 0.3 is 0 Å². The van der Waals surface area contributed by atoms with Crippen LogP contribution in [0, 0.1) is 0 Å². The minimum Gasteiger partial charge on any atom is -0.396 e. The maximum absolute atomic E-state index is 12.4. The van der Waals surface area contributed by atoms with E-state index in [2.05, 4.69) is 0 Å². The van der Waals surface area contributed by atoms with Gasteiger partial charge in [-0.25, -0.2) is 0 Å². The zero-order valence-corrected chi connectivity index (χ0v) is 11.5. The standard InChI is InChI=1S/C15H23NO2/c1-12(2)16(10-7-11-17)15(18)13(3)14-8-5-4-6-9-14/h4-6,8-9,12-13,17H,7,10-11H2,1-3H3. The van der Waals surface area contributed by atoms with E-state index in [1.54, 1.807) is 0 Å². The van der Waals surface area contributed by atoms with Crippen LogP contribution < -0.4 is 0 Å². The Balaban J connectivity index is 2.76. The zero-order chi connectivity index (χ0) is 13.5. The molecule has 0 aromatic heterocycles. The number of aliphatic hydroxyl groups is 1. The monoisotopic (exact) mass is 249 g/mol. The van der Waals surface area contributed by atoms with Crippen molar-refractivity contribution in [2.75, 3.05) is 13.2 Å². The molecule has 0 aliphatic rings. The second-order valence-electron chi connectivity index (χ2n) is 4.83. The number of benzene rings is 1. The minimum absolute atomic E-state index is 0.121. The Morgan fingerprint density at radius 2 is 1.83 bits per heavy atom. The third kappa shape index (κ3) is 3.84. The molecule has 0 radical (unpaired) electrons. The number of hydrogen-bond acceptors (Lipinski definition) is 2. The van der Waals surface area contributed by atoms with Gasteiger partial charge in [-0.05, 0) is 32.8 Å². The summed E-state index contributed by atoms with van der Waals surface area (Å²) in [6.07, 6.45) is 0.630. The first kappa shape index (κ1) is 14.7. The van der Waals surface area contributed by atoms with Gasteiger partial charge in [0, 0.05) is 19.2 Å². The molecule has 0 aliphatic heterocycles. The molecule has 0 saturated carbocycles. The molecule has 1 aromatic rings. The van der Waals surface area contributed by atoms with Crippen LogP contribution in [0.3, 0.4) is 0 Å². The largest absolute Gasteiger partial charge is 0.396 e. The average Bonchev–Trinajstić information content (AvgIpc) is 2.38. The SMILES string of the molecule is CC(C(=O)N(CCCO)C(C)C)c1ccccc1. The minimum atomic E-state index is -0.132. The first-order valence-corrected chi connectivity index (χ1v) is 6.54. The summed E-state index contributed by atoms with van der Waals surface area (Å²) in [6.45, 7) is 6.69. The molecule has 1 unspecified atom stereocenters. The topological polar surface area (TPSA) is 40.5 Å². The molecular formula is C15H23NO2. The number of amides is 1. The third-order valence-electron chi connectivity index (χ3n) is 3.13. The van der Waals surface area contributed by atoms with Crippen LogP contribution in [0.5, 0.6) is 0 Å². The first-order valence-electron chi connectivity index (χ1n) is 6.54. The van der Waals surface area contributed by atoms with Gasteiger partial charge in [0.05, 0.1) is 5.92 Å². The molecule has 18 heavy (non-hydrogen) atoms. The van der Waals surface area contributed by atoms with Crippen molar-refractivity contribution in [3.63, 3.8) is 0 Å². The van der Waals surface area contributed by atoms with Crippen LogP contribution >= 0.6 is 0 Å². The van der Waals surface area contributed by atoms with Crippen molar-refractivity contribution < 1.29 is 9.90 Å². The van der Waals surface area contributed by atoms with E-state index in [0.29, 0.717) is 13.0 Å². The van der Waals surface area contributed by atoms with E-state index in [1.165, 1.54) is 0 Å². The second-order valence-corrected chi connectivity index (χ2v) is 4.83. The van der Waals surface area contributed by atoms with Crippen LogP contribution in [-0.4, -0.2) is 35.1 Å². The highest BCUT2D eigenvalue weighted by atomic mass is 16.3. The van der Waals surface area contributed by atoms with Crippen LogP contribution in [0.25, 0.3) is 0 Å². The lowest BCUT2D eigenvalue weighted by Gasteiger charge is -2.29. The summed E-state index contributed by atoms with van der Waals surface area (Å²) in [7, 11) is 0. The first-order chi connectivity index (χ1) is 8.57. The Morgan fingerprint density at radius 1 is 1.22 bits per heavy atom. The van der Waals surface area contributed by atoms with Gasteiger partial charge in [-0.1, -0.05) is 30.3 Å². The van der Waals surface area contributed by atoms with Gasteiger partial charge < -0.3 is 10.0 Å². The lowest BCUT2D eigenvalue weighted by molar-refractivity contribution is -0.134. The van der Waals surface area contributed by atoms with Crippen molar-refractivity contribution in [3.05, 3.63) is 35.9 Å². The van der Waals surface area contributed by atoms with Gasteiger partial charge in [0.25, 0.3) is 0 Å². The number of nitrogens with zero attached hydrogens (tertiary/aromatic N) is 1. The number of carbonyl (C=O) groups is 1. The number of aliphatic hydroxyl groups excluding tert-OH is 1. The maximum Gasteiger partial charge on any atom is 0.230 e. The molecule has 0 fully saturated rings. The summed E-state index contributed by atoms with van der Waals surface area (Å²) in [5.41, 5.74) is 1.04. The fourth-order valence-electron chi connectivity index (χ4n) is 2.00. The molecule has 1 rings (SSSR count). The summed E-state index contributed by atoms with van der Waals surface area (Å²) >= 11 is 0. The highest BCUT2D eigenvalue weighted by Crippen LogP contribution is 2.19. The molecule has 1 amide bonds. The summed E-state index contributed by atoms with van der Waals surface area (Å²) in [5.74, 6) is -0.00283. The Kier molecular flexibility index (Phi) is 5.86. The Labute approximate surface area is 109 Å². The zero-order valence-electron chi connectivity index (χ0n) is 11.5. The molecule has 1 N–H and O–H groups in total. The van der Waals surface area contributed by atoms with Crippen LogP contribution in [0.1, 0.15) is 38.7 Å². The van der Waals surface area contributed by atoms with Crippen LogP contribution in [0.4, 0.5) is 0 Å². The molecule has 1 aromatic carbocycles. The molecule has 3 heteroatoms. The smallest absolute Gasteiger partial charge is 0.230 e. The summed E-state index contributed by atoms with van der Waals surface area (Å²) in [4.78, 5) is 14.3. The van der Waals surface area contributed by atoms with Crippen molar-refractivity contribution in [2.45, 2.75) is 39.2 Å². The fourth-order valence-corrected chi connectivity index (χ4v) is 2.00. The number of hydrogen-bond donors (Lipinski definition) is 1. The van der Waals surface area contributed by atoms with Crippen molar-refractivity contribution >= 4 is 5.91 Å². The van der Waals surface area contributed by atoms with E-state index in [1.807, 2.05) is 56.0 Å². The lowest BCUT2D eigenvalue weighted by Crippen LogP contribution is -2.40. The van der Waals surface area contributed by atoms with E-state index in [9.17, 15) is 4.79 Å². The van der Waals surface area contributed by atoms with Gasteiger partial charge in [0.2, 0.25) is 5.91 Å². The van der Waals surface area contributed by atoms with E-state index >= 15 is 0 Å². The molecule has 3 nitrogen and oxygen atoms in total. The molecule has 0 bridgehead atoms. The second kappa shape index (κ2) is 7.17. The summed E-state index contributed by atoms with van der Waals surface area (Å²) in [6, 6.07) is 9.97. The highest BCUT2D eigenvalue weighted by Gasteiger charge is 2.23. The molecular weight excluding hydrogens is 226 g/mol. The average molecular weight is 249 g/mol. The third-order valence-corrected chi connectivity index (χ3v) is 3.13. The van der Waals surface area contributed by atoms with Crippen LogP contribution in [0.15, 0.2) is 30.3 Å². The van der Waals surface area contributed by atoms with Crippen LogP contribution in [0.2, 0.25) is 0 Å². The van der Waals surface area contributed by atoms with Crippen molar-refractivity contribution in [2.24, 2.45) is 0 Å². The van der Waals surface area contributed by atoms with Gasteiger partial charge in [-0.3, -0.25) is 4.79 Å². The van der Waals surface area contributed by atoms with Crippen LogP contribution in [-0.2, 0) is 4.79 Å². The predicted octanol–water partition coefficient (Wildman–Crippen LogP) is 2.41. The quantitative estimate of drug-likeness (QED) is 0.841. The number of rotatable bonds is 6. The van der Waals surface area contributed by atoms with Crippen molar-refractivity contribution in [3.8, 4) is 0 Å². The molecule has 0 spiro atoms. The summed E-state index contributed by atoms with van der Waals surface area (Å²) < 4.78 is 0. The summed E-state index contributed by atoms with van der Waals surface area (Å²) in [5, 5.41) is 8.90. The fraction of sp³-hybridized carbons (Fsp3) is 0.533. The molecule has 0 heterocycles. The molecule has 100 valence electrons. The van der Waals surface area contributed by atoms with E-state index in [4.69, 9.17) is 5.11 Å². The van der Waals surface area contributed by atoms with E-state index in [-0.39, 0.29) is 24.5 Å². The van der Waals surface area contributed by atoms with Gasteiger partial charge in [0.15, 0.2) is 0 Å². The van der Waals surface area contributed by atoms with Crippen molar-refractivity contribution in [1.29, 1.82) is 0 Å². The van der Waals surface area contributed by atoms with E-state index in [0.717, 1.165) is 5.56 Å². The predicted molar refractivity (Wildman–Crippen MR) is 73.4 cm³/mol. The Morgan fingerprint density at radius 3 is 2.33 bits per heavy atom. The van der Waals surface area contributed by atoms with Gasteiger partial charge in [0.1, 0.15) is 0 Å². The highest BCUT2D eigenvalue weighted by molar-refractivity contribution is 5.83. The Bertz CT molecular complexity index is 362. The number of carbonyl (C=O) groups excluding carboxylic acids is 1. The Hall–Kier alpha value is -1.35. The molecule has 0 saturated heterocycles. The van der Waals surface area contributed by atoms with Crippen molar-refractivity contribution in [1.82, 2.24) is 4.90 Å². The molecule has 0 aliphatic carbocycles. The lowest BCUT2D eigenvalue weighted by atomic mass is 9.99. The molecule has 1 atom stereocenters. The van der Waals surface area contributed by atoms with E-state index < -0.39 is 0 Å². The normalized spacial score (nSPS) is 12.5.